The van der Waals surface area contributed by atoms with Gasteiger partial charge in [0.2, 0.25) is 0 Å². The van der Waals surface area contributed by atoms with Gasteiger partial charge in [-0.1, -0.05) is 42.5 Å². The summed E-state index contributed by atoms with van der Waals surface area (Å²) in [5, 5.41) is 12.4. The fourth-order valence-corrected chi connectivity index (χ4v) is 2.41. The predicted molar refractivity (Wildman–Crippen MR) is 72.5 cm³/mol. The van der Waals surface area contributed by atoms with Crippen molar-refractivity contribution in [1.82, 2.24) is 0 Å². The predicted octanol–water partition coefficient (Wildman–Crippen LogP) is 4.59. The van der Waals surface area contributed by atoms with E-state index in [1.165, 1.54) is 12.1 Å². The molecule has 0 fully saturated rings. The molecule has 3 aromatic carbocycles. The Labute approximate surface area is 113 Å². The zero-order valence-electron chi connectivity index (χ0n) is 10.4. The Morgan fingerprint density at radius 1 is 0.800 bits per heavy atom. The van der Waals surface area contributed by atoms with Crippen molar-refractivity contribution in [3.8, 4) is 0 Å². The molecule has 3 rings (SSSR count). The minimum Gasteiger partial charge on any atom is -0.379 e. The highest BCUT2D eigenvalue weighted by Crippen LogP contribution is 2.37. The number of benzene rings is 3. The van der Waals surface area contributed by atoms with Crippen molar-refractivity contribution in [2.24, 2.45) is 0 Å². The fraction of sp³-hybridized carbons (Fsp3) is 0.125. The van der Waals surface area contributed by atoms with Gasteiger partial charge in [-0.2, -0.15) is 13.2 Å². The van der Waals surface area contributed by atoms with Crippen LogP contribution in [0.25, 0.3) is 21.5 Å². The molecular weight excluding hydrogens is 265 g/mol. The maximum Gasteiger partial charge on any atom is 0.418 e. The molecule has 0 amide bonds. The van der Waals surface area contributed by atoms with Gasteiger partial charge in [0.15, 0.2) is 6.10 Å². The van der Waals surface area contributed by atoms with Gasteiger partial charge in [-0.05, 0) is 39.2 Å². The van der Waals surface area contributed by atoms with E-state index in [1.807, 2.05) is 30.3 Å². The average molecular weight is 276 g/mol. The van der Waals surface area contributed by atoms with E-state index in [1.54, 1.807) is 12.1 Å². The summed E-state index contributed by atoms with van der Waals surface area (Å²) in [4.78, 5) is 0. The maximum absolute atomic E-state index is 12.7. The monoisotopic (exact) mass is 276 g/mol. The summed E-state index contributed by atoms with van der Waals surface area (Å²) in [5.41, 5.74) is -0.110. The van der Waals surface area contributed by atoms with Crippen LogP contribution in [-0.2, 0) is 0 Å². The van der Waals surface area contributed by atoms with Crippen molar-refractivity contribution in [2.45, 2.75) is 12.3 Å². The van der Waals surface area contributed by atoms with Crippen LogP contribution in [0.5, 0.6) is 0 Å². The number of rotatable bonds is 1. The summed E-state index contributed by atoms with van der Waals surface area (Å²) in [7, 11) is 0. The molecule has 0 aliphatic carbocycles. The molecule has 0 aliphatic rings. The molecular formula is C16H11F3O. The van der Waals surface area contributed by atoms with E-state index in [4.69, 9.17) is 0 Å². The summed E-state index contributed by atoms with van der Waals surface area (Å²) in [6, 6.07) is 15.6. The molecule has 102 valence electrons. The van der Waals surface area contributed by atoms with Crippen LogP contribution >= 0.6 is 0 Å². The molecule has 0 radical (unpaired) electrons. The molecule has 1 unspecified atom stereocenters. The van der Waals surface area contributed by atoms with Gasteiger partial charge in [0.05, 0.1) is 0 Å². The lowest BCUT2D eigenvalue weighted by atomic mass is 9.97. The molecule has 0 aromatic heterocycles. The Morgan fingerprint density at radius 3 is 2.05 bits per heavy atom. The zero-order valence-corrected chi connectivity index (χ0v) is 10.4. The fourth-order valence-electron chi connectivity index (χ4n) is 2.41. The van der Waals surface area contributed by atoms with E-state index in [-0.39, 0.29) is 5.56 Å². The Morgan fingerprint density at radius 2 is 1.40 bits per heavy atom. The van der Waals surface area contributed by atoms with Crippen LogP contribution in [0.1, 0.15) is 11.7 Å². The molecule has 0 aliphatic heterocycles. The van der Waals surface area contributed by atoms with Crippen LogP contribution in [0, 0.1) is 0 Å². The maximum atomic E-state index is 12.7. The third-order valence-electron chi connectivity index (χ3n) is 3.39. The number of hydrogen-bond acceptors (Lipinski definition) is 1. The standard InChI is InChI=1S/C16H11F3O/c17-16(18,19)15(20)13-7-3-6-12-8-10-4-1-2-5-11(10)9-14(12)13/h1-9,15,20H. The molecule has 0 heterocycles. The molecule has 1 N–H and O–H groups in total. The van der Waals surface area contributed by atoms with Gasteiger partial charge < -0.3 is 5.11 Å². The summed E-state index contributed by atoms with van der Waals surface area (Å²) in [6.07, 6.45) is -7.13. The first-order valence-corrected chi connectivity index (χ1v) is 6.13. The van der Waals surface area contributed by atoms with Crippen LogP contribution in [0.3, 0.4) is 0 Å². The molecule has 1 atom stereocenters. The first-order valence-electron chi connectivity index (χ1n) is 6.13. The average Bonchev–Trinajstić information content (AvgIpc) is 2.42. The highest BCUT2D eigenvalue weighted by atomic mass is 19.4. The van der Waals surface area contributed by atoms with E-state index in [0.29, 0.717) is 10.8 Å². The van der Waals surface area contributed by atoms with Gasteiger partial charge >= 0.3 is 6.18 Å². The number of aliphatic hydroxyl groups excluding tert-OH is 1. The van der Waals surface area contributed by atoms with E-state index in [0.717, 1.165) is 10.8 Å². The number of alkyl halides is 3. The lowest BCUT2D eigenvalue weighted by Crippen LogP contribution is -2.20. The molecule has 4 heteroatoms. The molecule has 3 aromatic rings. The topological polar surface area (TPSA) is 20.2 Å². The van der Waals surface area contributed by atoms with Crippen LogP contribution in [0.2, 0.25) is 0 Å². The quantitative estimate of drug-likeness (QED) is 0.644. The second-order valence-electron chi connectivity index (χ2n) is 4.71. The second kappa shape index (κ2) is 4.49. The van der Waals surface area contributed by atoms with Gasteiger partial charge in [-0.25, -0.2) is 0 Å². The van der Waals surface area contributed by atoms with Crippen LogP contribution < -0.4 is 0 Å². The van der Waals surface area contributed by atoms with Gasteiger partial charge in [-0.15, -0.1) is 0 Å². The zero-order chi connectivity index (χ0) is 14.3. The van der Waals surface area contributed by atoms with E-state index in [2.05, 4.69) is 0 Å². The smallest absolute Gasteiger partial charge is 0.379 e. The Hall–Kier alpha value is -2.07. The molecule has 20 heavy (non-hydrogen) atoms. The largest absolute Gasteiger partial charge is 0.418 e. The Kier molecular flexibility index (Phi) is 2.91. The lowest BCUT2D eigenvalue weighted by Gasteiger charge is -2.17. The van der Waals surface area contributed by atoms with Crippen molar-refractivity contribution in [1.29, 1.82) is 0 Å². The van der Waals surface area contributed by atoms with Crippen molar-refractivity contribution >= 4 is 21.5 Å². The van der Waals surface area contributed by atoms with Gasteiger partial charge in [0, 0.05) is 0 Å². The van der Waals surface area contributed by atoms with Gasteiger partial charge in [0.25, 0.3) is 0 Å². The Balaban J connectivity index is 2.31. The van der Waals surface area contributed by atoms with Gasteiger partial charge in [0.1, 0.15) is 0 Å². The van der Waals surface area contributed by atoms with Crippen molar-refractivity contribution < 1.29 is 18.3 Å². The van der Waals surface area contributed by atoms with Crippen molar-refractivity contribution in [3.05, 3.63) is 60.2 Å². The van der Waals surface area contributed by atoms with E-state index >= 15 is 0 Å². The number of hydrogen-bond donors (Lipinski definition) is 1. The third kappa shape index (κ3) is 2.12. The minimum absolute atomic E-state index is 0.110. The van der Waals surface area contributed by atoms with Gasteiger partial charge in [-0.3, -0.25) is 0 Å². The third-order valence-corrected chi connectivity index (χ3v) is 3.39. The van der Waals surface area contributed by atoms with Crippen LogP contribution in [-0.4, -0.2) is 11.3 Å². The second-order valence-corrected chi connectivity index (χ2v) is 4.71. The normalized spacial score (nSPS) is 13.8. The molecule has 0 bridgehead atoms. The number of aliphatic hydroxyl groups is 1. The summed E-state index contributed by atoms with van der Waals surface area (Å²) < 4.78 is 38.2. The first kappa shape index (κ1) is 12.9. The van der Waals surface area contributed by atoms with Crippen molar-refractivity contribution in [2.75, 3.05) is 0 Å². The van der Waals surface area contributed by atoms with E-state index in [9.17, 15) is 18.3 Å². The Bertz CT molecular complexity index is 777. The summed E-state index contributed by atoms with van der Waals surface area (Å²) in [5.74, 6) is 0. The highest BCUT2D eigenvalue weighted by Gasteiger charge is 2.40. The number of fused-ring (bicyclic) bond motifs is 2. The molecule has 1 nitrogen and oxygen atoms in total. The lowest BCUT2D eigenvalue weighted by molar-refractivity contribution is -0.206. The SMILES string of the molecule is OC(c1cccc2cc3ccccc3cc12)C(F)(F)F. The highest BCUT2D eigenvalue weighted by molar-refractivity contribution is 5.99. The van der Waals surface area contributed by atoms with Crippen LogP contribution in [0.15, 0.2) is 54.6 Å². The molecule has 0 saturated carbocycles. The van der Waals surface area contributed by atoms with E-state index < -0.39 is 12.3 Å². The van der Waals surface area contributed by atoms with Crippen LogP contribution in [0.4, 0.5) is 13.2 Å². The first-order chi connectivity index (χ1) is 9.47. The van der Waals surface area contributed by atoms with Crippen molar-refractivity contribution in [3.63, 3.8) is 0 Å². The summed E-state index contributed by atoms with van der Waals surface area (Å²) in [6.45, 7) is 0. The molecule has 0 spiro atoms. The summed E-state index contributed by atoms with van der Waals surface area (Å²) >= 11 is 0. The minimum atomic E-state index is -4.67. The number of halogens is 3. The molecule has 0 saturated heterocycles.